The zero-order valence-electron chi connectivity index (χ0n) is 6.17. The first-order valence-electron chi connectivity index (χ1n) is 4.06. The van der Waals surface area contributed by atoms with E-state index in [1.807, 2.05) is 0 Å². The van der Waals surface area contributed by atoms with Crippen LogP contribution in [0, 0.1) is 11.8 Å². The van der Waals surface area contributed by atoms with Gasteiger partial charge in [-0.25, -0.2) is 0 Å². The van der Waals surface area contributed by atoms with E-state index in [2.05, 4.69) is 0 Å². The molecular weight excluding hydrogens is 218 g/mol. The van der Waals surface area contributed by atoms with Crippen LogP contribution in [-0.4, -0.2) is 5.66 Å². The first-order valence-corrected chi connectivity index (χ1v) is 8.74. The van der Waals surface area contributed by atoms with E-state index in [9.17, 15) is 0 Å². The van der Waals surface area contributed by atoms with Crippen LogP contribution in [0.5, 0.6) is 0 Å². The third-order valence-electron chi connectivity index (χ3n) is 3.09. The molecule has 2 aliphatic rings. The molecule has 2 aliphatic carbocycles. The lowest BCUT2D eigenvalue weighted by molar-refractivity contribution is 0.490. The zero-order valence-corrected chi connectivity index (χ0v) is 9.39. The third kappa shape index (κ3) is 1.63. The van der Waals surface area contributed by atoms with Crippen LogP contribution in [0.25, 0.3) is 0 Å². The van der Waals surface area contributed by atoms with Crippen LogP contribution < -0.4 is 0 Å². The van der Waals surface area contributed by atoms with E-state index < -0.39 is 4.74 Å². The summed E-state index contributed by atoms with van der Waals surface area (Å²) < 4.78 is -1.98. The molecule has 2 rings (SSSR count). The number of rotatable bonds is 1. The second kappa shape index (κ2) is 2.87. The number of hydrogen-bond donors (Lipinski definition) is 0. The van der Waals surface area contributed by atoms with Gasteiger partial charge >= 0.3 is 0 Å². The summed E-state index contributed by atoms with van der Waals surface area (Å²) in [5.74, 6) is 1.69. The van der Waals surface area contributed by atoms with Gasteiger partial charge in [-0.1, -0.05) is 40.7 Å². The Bertz CT molecular complexity index is 212. The fraction of sp³-hybridized carbons (Fsp3) is 1.00. The maximum atomic E-state index is 6.02. The number of halogens is 2. The van der Waals surface area contributed by atoms with Gasteiger partial charge in [-0.05, 0) is 31.1 Å². The van der Waals surface area contributed by atoms with Crippen molar-refractivity contribution >= 4 is 39.0 Å². The van der Waals surface area contributed by atoms with Crippen LogP contribution in [0.3, 0.4) is 0 Å². The highest BCUT2D eigenvalue weighted by atomic mass is 35.9. The Balaban J connectivity index is 2.14. The first kappa shape index (κ1) is 8.81. The predicted octanol–water partition coefficient (Wildman–Crippen LogP) is 3.96. The quantitative estimate of drug-likeness (QED) is 0.613. The molecule has 64 valence electrons. The predicted molar refractivity (Wildman–Crippen MR) is 55.2 cm³/mol. The Morgan fingerprint density at radius 2 is 1.91 bits per heavy atom. The van der Waals surface area contributed by atoms with Crippen LogP contribution in [0.4, 0.5) is 0 Å². The minimum absolute atomic E-state index is 0.500. The van der Waals surface area contributed by atoms with E-state index >= 15 is 0 Å². The summed E-state index contributed by atoms with van der Waals surface area (Å²) in [5, 5.41) is 0. The summed E-state index contributed by atoms with van der Waals surface area (Å²) in [6.45, 7) is 0. The molecule has 4 heteroatoms. The van der Waals surface area contributed by atoms with Gasteiger partial charge in [0.1, 0.15) is 4.74 Å². The van der Waals surface area contributed by atoms with Crippen molar-refractivity contribution in [2.24, 2.45) is 11.8 Å². The molecular formula is C7H11Cl2PS. The molecule has 0 radical (unpaired) electrons. The van der Waals surface area contributed by atoms with E-state index in [1.54, 1.807) is 0 Å². The van der Waals surface area contributed by atoms with Gasteiger partial charge in [0.2, 0.25) is 0 Å². The van der Waals surface area contributed by atoms with Crippen LogP contribution >= 0.6 is 27.2 Å². The minimum Gasteiger partial charge on any atom is -0.0680 e. The summed E-state index contributed by atoms with van der Waals surface area (Å²) in [5.41, 5.74) is 0.500. The highest BCUT2D eigenvalue weighted by Crippen LogP contribution is 2.69. The van der Waals surface area contributed by atoms with Gasteiger partial charge < -0.3 is 0 Å². The summed E-state index contributed by atoms with van der Waals surface area (Å²) >= 11 is 17.2. The lowest BCUT2D eigenvalue weighted by Gasteiger charge is -2.24. The van der Waals surface area contributed by atoms with Crippen molar-refractivity contribution in [1.82, 2.24) is 0 Å². The average Bonchev–Trinajstić information content (AvgIpc) is 2.42. The Labute approximate surface area is 82.2 Å². The molecule has 0 aromatic heterocycles. The molecule has 0 aromatic rings. The smallest absolute Gasteiger partial charge is 0.0680 e. The Morgan fingerprint density at radius 1 is 1.18 bits per heavy atom. The van der Waals surface area contributed by atoms with Crippen LogP contribution in [-0.2, 0) is 11.8 Å². The maximum absolute atomic E-state index is 6.02. The monoisotopic (exact) mass is 228 g/mol. The molecule has 0 saturated heterocycles. The fourth-order valence-electron chi connectivity index (χ4n) is 2.58. The maximum Gasteiger partial charge on any atom is 0.123 e. The molecule has 0 spiro atoms. The molecule has 2 fully saturated rings. The van der Waals surface area contributed by atoms with Crippen molar-refractivity contribution < 1.29 is 0 Å². The minimum atomic E-state index is -1.98. The van der Waals surface area contributed by atoms with Crippen molar-refractivity contribution in [3.05, 3.63) is 0 Å². The summed E-state index contributed by atoms with van der Waals surface area (Å²) in [7, 11) is 0. The first-order chi connectivity index (χ1) is 5.07. The third-order valence-corrected chi connectivity index (χ3v) is 6.81. The molecule has 2 bridgehead atoms. The fourth-order valence-corrected chi connectivity index (χ4v) is 6.09. The van der Waals surface area contributed by atoms with E-state index in [1.165, 1.54) is 25.7 Å². The molecule has 0 aromatic carbocycles. The van der Waals surface area contributed by atoms with E-state index in [0.717, 1.165) is 11.8 Å². The van der Waals surface area contributed by atoms with Gasteiger partial charge in [-0.3, -0.25) is 0 Å². The lowest BCUT2D eigenvalue weighted by Crippen LogP contribution is -2.12. The van der Waals surface area contributed by atoms with Gasteiger partial charge in [-0.2, -0.15) is 0 Å². The van der Waals surface area contributed by atoms with Crippen molar-refractivity contribution in [3.63, 3.8) is 0 Å². The van der Waals surface area contributed by atoms with Gasteiger partial charge in [0.05, 0.1) is 0 Å². The molecule has 0 N–H and O–H groups in total. The van der Waals surface area contributed by atoms with Crippen LogP contribution in [0.15, 0.2) is 0 Å². The molecule has 0 aliphatic heterocycles. The topological polar surface area (TPSA) is 0 Å². The Hall–Kier alpha value is 1.23. The zero-order chi connectivity index (χ0) is 8.06. The van der Waals surface area contributed by atoms with Crippen molar-refractivity contribution in [2.75, 3.05) is 0 Å². The average molecular weight is 229 g/mol. The van der Waals surface area contributed by atoms with E-state index in [-0.39, 0.29) is 0 Å². The molecule has 0 amide bonds. The van der Waals surface area contributed by atoms with Gasteiger partial charge in [0.15, 0.2) is 0 Å². The molecule has 0 nitrogen and oxygen atoms in total. The van der Waals surface area contributed by atoms with E-state index in [0.29, 0.717) is 5.66 Å². The Kier molecular flexibility index (Phi) is 2.30. The second-order valence-corrected chi connectivity index (χ2v) is 12.1. The SMILES string of the molecule is S=P(Cl)(Cl)[C@@H]1C[C@H]2CC[C@@H]1C2. The molecule has 3 atom stereocenters. The normalized spacial score (nSPS) is 43.3. The molecule has 2 saturated carbocycles. The van der Waals surface area contributed by atoms with E-state index in [4.69, 9.17) is 34.3 Å². The second-order valence-electron chi connectivity index (χ2n) is 3.74. The van der Waals surface area contributed by atoms with Gasteiger partial charge in [0, 0.05) is 5.66 Å². The van der Waals surface area contributed by atoms with Crippen LogP contribution in [0.2, 0.25) is 0 Å². The highest BCUT2D eigenvalue weighted by Gasteiger charge is 2.44. The molecule has 11 heavy (non-hydrogen) atoms. The standard InChI is InChI=1S/C7H11Cl2PS/c8-10(9,11)7-4-5-1-2-6(7)3-5/h5-7H,1-4H2/t5-,6+,7+/m0/s1. The summed E-state index contributed by atoms with van der Waals surface area (Å²) in [6, 6.07) is 0. The number of hydrogen-bond acceptors (Lipinski definition) is 1. The lowest BCUT2D eigenvalue weighted by atomic mass is 10.0. The van der Waals surface area contributed by atoms with Gasteiger partial charge in [0.25, 0.3) is 0 Å². The van der Waals surface area contributed by atoms with Gasteiger partial charge in [-0.15, -0.1) is 0 Å². The van der Waals surface area contributed by atoms with Crippen molar-refractivity contribution in [1.29, 1.82) is 0 Å². The highest BCUT2D eigenvalue weighted by molar-refractivity contribution is 8.39. The van der Waals surface area contributed by atoms with Crippen molar-refractivity contribution in [3.8, 4) is 0 Å². The number of fused-ring (bicyclic) bond motifs is 2. The Morgan fingerprint density at radius 3 is 2.18 bits per heavy atom. The van der Waals surface area contributed by atoms with Crippen molar-refractivity contribution in [2.45, 2.75) is 31.3 Å². The molecule has 0 heterocycles. The molecule has 0 unspecified atom stereocenters. The largest absolute Gasteiger partial charge is 0.123 e. The summed E-state index contributed by atoms with van der Waals surface area (Å²) in [4.78, 5) is 0. The summed E-state index contributed by atoms with van der Waals surface area (Å²) in [6.07, 6.45) is 5.29. The van der Waals surface area contributed by atoms with Crippen LogP contribution in [0.1, 0.15) is 25.7 Å².